The number of rotatable bonds is 1. The molecule has 3 atom stereocenters. The molecule has 1 nitrogen and oxygen atoms in total. The summed E-state index contributed by atoms with van der Waals surface area (Å²) in [6.45, 7) is 0. The van der Waals surface area contributed by atoms with Crippen LogP contribution in [0, 0.1) is 34.5 Å². The van der Waals surface area contributed by atoms with Gasteiger partial charge >= 0.3 is 0 Å². The molecule has 3 aliphatic carbocycles. The van der Waals surface area contributed by atoms with Gasteiger partial charge in [0.05, 0.1) is 11.5 Å². The van der Waals surface area contributed by atoms with Crippen LogP contribution in [0.3, 0.4) is 0 Å². The van der Waals surface area contributed by atoms with E-state index in [1.54, 1.807) is 0 Å². The normalized spacial score (nSPS) is 45.6. The average Bonchev–Trinajstić information content (AvgIpc) is 2.64. The second kappa shape index (κ2) is 2.50. The zero-order valence-electron chi connectivity index (χ0n) is 8.13. The van der Waals surface area contributed by atoms with Crippen molar-refractivity contribution in [1.82, 2.24) is 0 Å². The molecule has 0 aromatic rings. The summed E-state index contributed by atoms with van der Waals surface area (Å²) in [4.78, 5) is 0. The molecule has 3 saturated carbocycles. The molecular formula is C12H17N. The molecule has 3 rings (SSSR count). The van der Waals surface area contributed by atoms with Gasteiger partial charge in [0.15, 0.2) is 0 Å². The molecule has 0 N–H and O–H groups in total. The SMILES string of the molecule is N#CC1(C2CC3CCC2C3)CCC1. The van der Waals surface area contributed by atoms with Gasteiger partial charge in [0.25, 0.3) is 0 Å². The lowest BCUT2D eigenvalue weighted by molar-refractivity contribution is 0.0738. The average molecular weight is 175 g/mol. The molecule has 0 amide bonds. The minimum absolute atomic E-state index is 0.153. The van der Waals surface area contributed by atoms with E-state index in [0.29, 0.717) is 0 Å². The van der Waals surface area contributed by atoms with Crippen molar-refractivity contribution < 1.29 is 0 Å². The topological polar surface area (TPSA) is 23.8 Å². The molecule has 3 aliphatic rings. The van der Waals surface area contributed by atoms with Crippen molar-refractivity contribution in [2.24, 2.45) is 23.2 Å². The van der Waals surface area contributed by atoms with E-state index in [1.165, 1.54) is 44.9 Å². The largest absolute Gasteiger partial charge is 0.198 e. The highest BCUT2D eigenvalue weighted by Crippen LogP contribution is 2.60. The lowest BCUT2D eigenvalue weighted by Crippen LogP contribution is -2.38. The molecule has 0 heterocycles. The Balaban J connectivity index is 1.82. The molecule has 0 aromatic carbocycles. The molecule has 3 fully saturated rings. The van der Waals surface area contributed by atoms with Gasteiger partial charge < -0.3 is 0 Å². The van der Waals surface area contributed by atoms with Crippen LogP contribution in [0.25, 0.3) is 0 Å². The maximum absolute atomic E-state index is 9.28. The molecule has 13 heavy (non-hydrogen) atoms. The zero-order valence-corrected chi connectivity index (χ0v) is 8.13. The minimum Gasteiger partial charge on any atom is -0.198 e. The van der Waals surface area contributed by atoms with Gasteiger partial charge in [-0.25, -0.2) is 0 Å². The summed E-state index contributed by atoms with van der Waals surface area (Å²) in [5.74, 6) is 2.73. The smallest absolute Gasteiger partial charge is 0.0692 e. The Bertz CT molecular complexity index is 259. The molecule has 0 aliphatic heterocycles. The standard InChI is InChI=1S/C12H17N/c13-8-12(4-1-5-12)11-7-9-2-3-10(11)6-9/h9-11H,1-7H2. The number of nitriles is 1. The monoisotopic (exact) mass is 175 g/mol. The maximum atomic E-state index is 9.28. The van der Waals surface area contributed by atoms with E-state index >= 15 is 0 Å². The third-order valence-corrected chi connectivity index (χ3v) is 4.92. The van der Waals surface area contributed by atoms with E-state index in [-0.39, 0.29) is 5.41 Å². The lowest BCUT2D eigenvalue weighted by Gasteiger charge is -2.44. The van der Waals surface area contributed by atoms with Crippen molar-refractivity contribution in [2.45, 2.75) is 44.9 Å². The lowest BCUT2D eigenvalue weighted by atomic mass is 9.58. The third-order valence-electron chi connectivity index (χ3n) is 4.92. The number of hydrogen-bond acceptors (Lipinski definition) is 1. The van der Waals surface area contributed by atoms with Crippen molar-refractivity contribution in [3.8, 4) is 6.07 Å². The highest BCUT2D eigenvalue weighted by atomic mass is 14.6. The van der Waals surface area contributed by atoms with Crippen molar-refractivity contribution >= 4 is 0 Å². The molecular weight excluding hydrogens is 158 g/mol. The van der Waals surface area contributed by atoms with Crippen LogP contribution in [0.2, 0.25) is 0 Å². The van der Waals surface area contributed by atoms with Crippen LogP contribution in [0.5, 0.6) is 0 Å². The summed E-state index contributed by atoms with van der Waals surface area (Å²) in [6, 6.07) is 2.64. The summed E-state index contributed by atoms with van der Waals surface area (Å²) < 4.78 is 0. The Labute approximate surface area is 80.1 Å². The molecule has 0 aromatic heterocycles. The van der Waals surface area contributed by atoms with Crippen LogP contribution in [-0.4, -0.2) is 0 Å². The van der Waals surface area contributed by atoms with E-state index in [4.69, 9.17) is 0 Å². The number of nitrogens with zero attached hydrogens (tertiary/aromatic N) is 1. The first-order chi connectivity index (χ1) is 6.34. The van der Waals surface area contributed by atoms with Gasteiger partial charge in [-0.15, -0.1) is 0 Å². The molecule has 0 radical (unpaired) electrons. The molecule has 3 unspecified atom stereocenters. The first kappa shape index (κ1) is 7.85. The van der Waals surface area contributed by atoms with Gasteiger partial charge in [0.1, 0.15) is 0 Å². The third kappa shape index (κ3) is 0.923. The van der Waals surface area contributed by atoms with Gasteiger partial charge in [-0.1, -0.05) is 12.8 Å². The predicted octanol–water partition coefficient (Wildman–Crippen LogP) is 3.12. The Hall–Kier alpha value is -0.510. The highest BCUT2D eigenvalue weighted by molar-refractivity contribution is 5.12. The maximum Gasteiger partial charge on any atom is 0.0692 e. The van der Waals surface area contributed by atoms with Crippen LogP contribution in [0.4, 0.5) is 0 Å². The van der Waals surface area contributed by atoms with Gasteiger partial charge in [0.2, 0.25) is 0 Å². The summed E-state index contributed by atoms with van der Waals surface area (Å²) in [6.07, 6.45) is 9.45. The minimum atomic E-state index is 0.153. The van der Waals surface area contributed by atoms with Crippen molar-refractivity contribution in [1.29, 1.82) is 5.26 Å². The molecule has 0 spiro atoms. The van der Waals surface area contributed by atoms with Crippen molar-refractivity contribution in [2.75, 3.05) is 0 Å². The van der Waals surface area contributed by atoms with Gasteiger partial charge in [-0.05, 0) is 49.9 Å². The predicted molar refractivity (Wildman–Crippen MR) is 50.8 cm³/mol. The molecule has 1 heteroatoms. The van der Waals surface area contributed by atoms with Gasteiger partial charge in [-0.3, -0.25) is 0 Å². The fourth-order valence-corrected chi connectivity index (χ4v) is 4.04. The Kier molecular flexibility index (Phi) is 1.51. The molecule has 0 saturated heterocycles. The van der Waals surface area contributed by atoms with Crippen LogP contribution in [0.1, 0.15) is 44.9 Å². The van der Waals surface area contributed by atoms with Crippen LogP contribution >= 0.6 is 0 Å². The van der Waals surface area contributed by atoms with Crippen LogP contribution < -0.4 is 0 Å². The first-order valence-corrected chi connectivity index (χ1v) is 5.75. The Morgan fingerprint density at radius 3 is 2.38 bits per heavy atom. The first-order valence-electron chi connectivity index (χ1n) is 5.75. The number of hydrogen-bond donors (Lipinski definition) is 0. The summed E-state index contributed by atoms with van der Waals surface area (Å²) in [7, 11) is 0. The summed E-state index contributed by atoms with van der Waals surface area (Å²) >= 11 is 0. The van der Waals surface area contributed by atoms with E-state index < -0.39 is 0 Å². The fourth-order valence-electron chi connectivity index (χ4n) is 4.04. The second-order valence-electron chi connectivity index (χ2n) is 5.40. The van der Waals surface area contributed by atoms with Crippen LogP contribution in [-0.2, 0) is 0 Å². The van der Waals surface area contributed by atoms with E-state index in [9.17, 15) is 5.26 Å². The van der Waals surface area contributed by atoms with E-state index in [0.717, 1.165) is 17.8 Å². The Morgan fingerprint density at radius 2 is 2.00 bits per heavy atom. The van der Waals surface area contributed by atoms with Crippen LogP contribution in [0.15, 0.2) is 0 Å². The summed E-state index contributed by atoms with van der Waals surface area (Å²) in [5.41, 5.74) is 0.153. The van der Waals surface area contributed by atoms with Crippen molar-refractivity contribution in [3.63, 3.8) is 0 Å². The molecule has 70 valence electrons. The quantitative estimate of drug-likeness (QED) is 0.600. The molecule has 2 bridgehead atoms. The van der Waals surface area contributed by atoms with E-state index in [1.807, 2.05) is 0 Å². The fraction of sp³-hybridized carbons (Fsp3) is 0.917. The number of fused-ring (bicyclic) bond motifs is 2. The second-order valence-corrected chi connectivity index (χ2v) is 5.40. The Morgan fingerprint density at radius 1 is 1.15 bits per heavy atom. The zero-order chi connectivity index (χ0) is 8.89. The van der Waals surface area contributed by atoms with Crippen molar-refractivity contribution in [3.05, 3.63) is 0 Å². The highest BCUT2D eigenvalue weighted by Gasteiger charge is 2.53. The summed E-state index contributed by atoms with van der Waals surface area (Å²) in [5, 5.41) is 9.28. The van der Waals surface area contributed by atoms with Gasteiger partial charge in [-0.2, -0.15) is 5.26 Å². The van der Waals surface area contributed by atoms with Gasteiger partial charge in [0, 0.05) is 0 Å². The van der Waals surface area contributed by atoms with E-state index in [2.05, 4.69) is 6.07 Å².